The summed E-state index contributed by atoms with van der Waals surface area (Å²) in [7, 11) is 5.32. The third-order valence-electron chi connectivity index (χ3n) is 6.12. The molecule has 0 spiro atoms. The van der Waals surface area contributed by atoms with E-state index in [2.05, 4.69) is 56.5 Å². The molecule has 0 unspecified atom stereocenters. The van der Waals surface area contributed by atoms with Gasteiger partial charge in [0.25, 0.3) is 0 Å². The molecule has 7 nitrogen and oxygen atoms in total. The molecule has 0 saturated carbocycles. The van der Waals surface area contributed by atoms with Crippen molar-refractivity contribution in [3.8, 4) is 21.7 Å². The second-order valence-electron chi connectivity index (χ2n) is 10.6. The minimum atomic E-state index is -0.570. The molecule has 0 N–H and O–H groups in total. The van der Waals surface area contributed by atoms with E-state index in [4.69, 9.17) is 13.9 Å². The summed E-state index contributed by atoms with van der Waals surface area (Å²) in [5.74, 6) is 0.930. The van der Waals surface area contributed by atoms with Crippen molar-refractivity contribution in [3.05, 3.63) is 60.8 Å². The lowest BCUT2D eigenvalue weighted by molar-refractivity contribution is 0.0579. The number of rotatable bonds is 11. The molecule has 0 aliphatic carbocycles. The molecule has 0 aliphatic heterocycles. The van der Waals surface area contributed by atoms with Crippen LogP contribution in [-0.2, 0) is 8.92 Å². The van der Waals surface area contributed by atoms with E-state index in [1.54, 1.807) is 16.2 Å². The number of carbonyl (C=O) groups is 1. The third-order valence-corrected chi connectivity index (χ3v) is 8.21. The van der Waals surface area contributed by atoms with Gasteiger partial charge < -0.3 is 13.8 Å². The average molecular weight is 691 g/mol. The van der Waals surface area contributed by atoms with Crippen LogP contribution in [0.2, 0.25) is 0 Å². The van der Waals surface area contributed by atoms with E-state index in [0.717, 1.165) is 62.7 Å². The van der Waals surface area contributed by atoms with Gasteiger partial charge in [0.05, 0.1) is 26.0 Å². The molecule has 4 rings (SSSR count). The Morgan fingerprint density at radius 1 is 0.975 bits per heavy atom. The van der Waals surface area contributed by atoms with E-state index >= 15 is 0 Å². The fraction of sp³-hybridized carbons (Fsp3) is 0.367. The quantitative estimate of drug-likeness (QED) is 0.0884. The smallest absolute Gasteiger partial charge is 0.414 e. The first kappa shape index (κ1) is 30.5. The van der Waals surface area contributed by atoms with Crippen LogP contribution >= 0.6 is 41.8 Å². The topological polar surface area (TPSA) is 67.8 Å². The number of carbonyl (C=O) groups excluding carboxylic acids is 1. The Morgan fingerprint density at radius 2 is 1.70 bits per heavy atom. The highest BCUT2D eigenvalue weighted by Gasteiger charge is 2.24. The van der Waals surface area contributed by atoms with Crippen molar-refractivity contribution < 1.29 is 13.7 Å². The molecule has 0 atom stereocenters. The fourth-order valence-corrected chi connectivity index (χ4v) is 5.84. The van der Waals surface area contributed by atoms with Crippen molar-refractivity contribution in [2.24, 2.45) is 0 Å². The second-order valence-corrected chi connectivity index (χ2v) is 13.1. The Labute approximate surface area is 257 Å². The number of benzene rings is 2. The summed E-state index contributed by atoms with van der Waals surface area (Å²) in [6.07, 6.45) is 4.35. The van der Waals surface area contributed by atoms with Gasteiger partial charge in [-0.15, -0.1) is 11.3 Å². The van der Waals surface area contributed by atoms with Crippen molar-refractivity contribution in [3.63, 3.8) is 0 Å². The zero-order valence-electron chi connectivity index (χ0n) is 23.5. The highest BCUT2D eigenvalue weighted by Crippen LogP contribution is 2.34. The van der Waals surface area contributed by atoms with Gasteiger partial charge in [-0.2, -0.15) is 0 Å². The molecule has 4 aromatic rings. The molecular formula is C30H35IN4O3S2. The molecule has 2 heterocycles. The zero-order valence-corrected chi connectivity index (χ0v) is 27.3. The number of hydrogen-bond donors (Lipinski definition) is 0. The largest absolute Gasteiger partial charge is 0.443 e. The van der Waals surface area contributed by atoms with Gasteiger partial charge >= 0.3 is 6.09 Å². The lowest BCUT2D eigenvalue weighted by atomic mass is 10.1. The summed E-state index contributed by atoms with van der Waals surface area (Å²) in [4.78, 5) is 26.3. The number of thiazole rings is 1. The lowest BCUT2D eigenvalue weighted by Crippen LogP contribution is -2.37. The van der Waals surface area contributed by atoms with Crippen LogP contribution in [0.1, 0.15) is 40.0 Å². The predicted molar refractivity (Wildman–Crippen MR) is 178 cm³/mol. The van der Waals surface area contributed by atoms with Gasteiger partial charge in [0.15, 0.2) is 0 Å². The van der Waals surface area contributed by atoms with E-state index in [1.165, 1.54) is 9.21 Å². The van der Waals surface area contributed by atoms with E-state index in [0.29, 0.717) is 13.2 Å². The SMILES string of the molecule is CN(C)c1ccc(-c2ccc(-c3nc4ccc(N(CCCCCOSI)C(=O)OC(C)(C)C)cc4s3)cc2)cn1. The molecule has 0 bridgehead atoms. The molecule has 0 aliphatic rings. The molecule has 0 radical (unpaired) electrons. The van der Waals surface area contributed by atoms with Crippen LogP contribution in [0, 0.1) is 0 Å². The maximum Gasteiger partial charge on any atom is 0.414 e. The summed E-state index contributed by atoms with van der Waals surface area (Å²) in [6.45, 7) is 6.95. The summed E-state index contributed by atoms with van der Waals surface area (Å²) in [5, 5.41) is 0.941. The van der Waals surface area contributed by atoms with Crippen molar-refractivity contribution in [1.29, 1.82) is 0 Å². The first-order valence-corrected chi connectivity index (χ1v) is 17.3. The number of pyridine rings is 1. The summed E-state index contributed by atoms with van der Waals surface area (Å²) in [5.41, 5.74) is 4.40. The molecule has 2 aromatic carbocycles. The van der Waals surface area contributed by atoms with E-state index in [1.807, 2.05) is 70.2 Å². The number of amides is 1. The third kappa shape index (κ3) is 8.31. The van der Waals surface area contributed by atoms with Gasteiger partial charge in [-0.05, 0) is 75.9 Å². The maximum absolute atomic E-state index is 13.1. The Morgan fingerprint density at radius 3 is 2.35 bits per heavy atom. The van der Waals surface area contributed by atoms with Crippen LogP contribution in [-0.4, -0.2) is 48.9 Å². The van der Waals surface area contributed by atoms with Crippen molar-refractivity contribution in [1.82, 2.24) is 9.97 Å². The van der Waals surface area contributed by atoms with Gasteiger partial charge in [-0.1, -0.05) is 24.3 Å². The van der Waals surface area contributed by atoms with Crippen molar-refractivity contribution in [2.45, 2.75) is 45.6 Å². The number of nitrogens with zero attached hydrogens (tertiary/aromatic N) is 4. The number of ether oxygens (including phenoxy) is 1. The predicted octanol–water partition coefficient (Wildman–Crippen LogP) is 9.02. The molecular weight excluding hydrogens is 655 g/mol. The Hall–Kier alpha value is -2.41. The van der Waals surface area contributed by atoms with Gasteiger partial charge in [0.2, 0.25) is 0 Å². The average Bonchev–Trinajstić information content (AvgIpc) is 3.35. The van der Waals surface area contributed by atoms with Gasteiger partial charge in [-0.25, -0.2) is 14.8 Å². The molecule has 1 amide bonds. The van der Waals surface area contributed by atoms with E-state index < -0.39 is 5.60 Å². The van der Waals surface area contributed by atoms with E-state index in [9.17, 15) is 4.79 Å². The zero-order chi connectivity index (χ0) is 28.7. The standard InChI is InChI=1S/C30H35IN4O3S2/c1-30(2,3)38-29(36)35(17-7-6-8-18-37-40-31)24-14-15-25-26(19-24)39-28(33-25)22-11-9-21(10-12-22)23-13-16-27(32-20-23)34(4)5/h9-16,19-20H,6-8,17-18H2,1-5H3. The number of aromatic nitrogens is 2. The highest BCUT2D eigenvalue weighted by atomic mass is 127. The minimum Gasteiger partial charge on any atom is -0.443 e. The van der Waals surface area contributed by atoms with Gasteiger partial charge in [0, 0.05) is 64.9 Å². The van der Waals surface area contributed by atoms with Crippen LogP contribution in [0.3, 0.4) is 0 Å². The minimum absolute atomic E-state index is 0.334. The van der Waals surface area contributed by atoms with Crippen LogP contribution < -0.4 is 9.80 Å². The first-order chi connectivity index (χ1) is 19.1. The summed E-state index contributed by atoms with van der Waals surface area (Å²) >= 11 is 3.75. The van der Waals surface area contributed by atoms with Gasteiger partial charge in [0.1, 0.15) is 16.4 Å². The molecule has 2 aromatic heterocycles. The van der Waals surface area contributed by atoms with Crippen LogP contribution in [0.4, 0.5) is 16.3 Å². The maximum atomic E-state index is 13.1. The normalized spacial score (nSPS) is 11.6. The number of anilines is 2. The molecule has 0 saturated heterocycles. The molecule has 0 fully saturated rings. The van der Waals surface area contributed by atoms with Crippen molar-refractivity contribution in [2.75, 3.05) is 37.0 Å². The van der Waals surface area contributed by atoms with Crippen LogP contribution in [0.25, 0.3) is 31.9 Å². The summed E-state index contributed by atoms with van der Waals surface area (Å²) in [6, 6.07) is 18.5. The Kier molecular flexibility index (Phi) is 10.7. The first-order valence-electron chi connectivity index (χ1n) is 13.2. The summed E-state index contributed by atoms with van der Waals surface area (Å²) < 4.78 is 12.1. The molecule has 10 heteroatoms. The number of unbranched alkanes of at least 4 members (excludes halogenated alkanes) is 2. The molecule has 212 valence electrons. The lowest BCUT2D eigenvalue weighted by Gasteiger charge is -2.27. The van der Waals surface area contributed by atoms with Gasteiger partial charge in [-0.3, -0.25) is 4.90 Å². The van der Waals surface area contributed by atoms with Crippen LogP contribution in [0.15, 0.2) is 60.8 Å². The van der Waals surface area contributed by atoms with Crippen molar-refractivity contribution >= 4 is 69.6 Å². The number of halogens is 1. The molecule has 40 heavy (non-hydrogen) atoms. The second kappa shape index (κ2) is 14.0. The fourth-order valence-electron chi connectivity index (χ4n) is 4.11. The van der Waals surface area contributed by atoms with E-state index in [-0.39, 0.29) is 6.09 Å². The van der Waals surface area contributed by atoms with Crippen LogP contribution in [0.5, 0.6) is 0 Å². The monoisotopic (exact) mass is 690 g/mol. The highest BCUT2D eigenvalue weighted by molar-refractivity contribution is 14.2. The number of fused-ring (bicyclic) bond motifs is 1. The Bertz CT molecular complexity index is 1400. The Balaban J connectivity index is 1.52. The number of hydrogen-bond acceptors (Lipinski definition) is 8.